The summed E-state index contributed by atoms with van der Waals surface area (Å²) in [4.78, 5) is 14.3. The molecule has 0 saturated carbocycles. The third-order valence-electron chi connectivity index (χ3n) is 4.75. The van der Waals surface area contributed by atoms with Gasteiger partial charge in [-0.3, -0.25) is 0 Å². The van der Waals surface area contributed by atoms with E-state index in [1.54, 1.807) is 17.0 Å². The summed E-state index contributed by atoms with van der Waals surface area (Å²) in [5, 5.41) is 2.96. The molecule has 2 aromatic carbocycles. The molecule has 0 saturated heterocycles. The number of nitrogens with zero attached hydrogens (tertiary/aromatic N) is 1. The molecule has 1 N–H and O–H groups in total. The van der Waals surface area contributed by atoms with Crippen LogP contribution in [0.5, 0.6) is 11.5 Å². The third-order valence-corrected chi connectivity index (χ3v) is 6.00. The molecule has 0 aromatic heterocycles. The second-order valence-electron chi connectivity index (χ2n) is 8.54. The van der Waals surface area contributed by atoms with E-state index >= 15 is 0 Å². The highest BCUT2D eigenvalue weighted by Gasteiger charge is 2.25. The van der Waals surface area contributed by atoms with Crippen molar-refractivity contribution in [2.24, 2.45) is 0 Å². The number of methoxy groups -OCH3 is 1. The van der Waals surface area contributed by atoms with Crippen LogP contribution in [0.15, 0.2) is 47.4 Å². The first-order valence-corrected chi connectivity index (χ1v) is 11.7. The maximum absolute atomic E-state index is 13.2. The van der Waals surface area contributed by atoms with E-state index in [1.165, 1.54) is 13.2 Å². The van der Waals surface area contributed by atoms with Crippen LogP contribution in [0.1, 0.15) is 46.6 Å². The Balaban J connectivity index is 2.35. The molecule has 0 fully saturated rings. The number of halogens is 1. The molecule has 9 heteroatoms. The largest absolute Gasteiger partial charge is 0.493 e. The van der Waals surface area contributed by atoms with E-state index in [2.05, 4.69) is 5.32 Å². The zero-order valence-corrected chi connectivity index (χ0v) is 20.1. The highest BCUT2D eigenvalue weighted by Crippen LogP contribution is 2.31. The highest BCUT2D eigenvalue weighted by atomic mass is 32.2. The van der Waals surface area contributed by atoms with Crippen molar-refractivity contribution in [2.75, 3.05) is 7.11 Å². The number of ether oxygens (including phenoxy) is 1. The summed E-state index contributed by atoms with van der Waals surface area (Å²) >= 11 is 0. The standard InChI is InChI=1S/C23H31FN2O5S/c1-7-16(2)26(22(27)25-23(3,4)5)15-17-8-13-20(30-6)21(14-17)31-32(28,29)19-11-9-18(24)10-12-19/h8-14,16H,7,15H2,1-6H3,(H,25,27). The van der Waals surface area contributed by atoms with Crippen molar-refractivity contribution >= 4 is 16.1 Å². The van der Waals surface area contributed by atoms with Gasteiger partial charge in [-0.1, -0.05) is 13.0 Å². The molecule has 176 valence electrons. The molecule has 1 atom stereocenters. The van der Waals surface area contributed by atoms with Crippen molar-refractivity contribution in [2.45, 2.75) is 64.1 Å². The molecule has 0 aliphatic rings. The molecule has 0 aliphatic carbocycles. The first-order valence-electron chi connectivity index (χ1n) is 10.3. The van der Waals surface area contributed by atoms with Gasteiger partial charge in [-0.25, -0.2) is 9.18 Å². The zero-order chi connectivity index (χ0) is 24.1. The second-order valence-corrected chi connectivity index (χ2v) is 10.1. The average Bonchev–Trinajstić information content (AvgIpc) is 2.70. The van der Waals surface area contributed by atoms with Gasteiger partial charge in [0, 0.05) is 18.1 Å². The topological polar surface area (TPSA) is 84.9 Å². The molecule has 0 aliphatic heterocycles. The lowest BCUT2D eigenvalue weighted by Gasteiger charge is -2.32. The molecule has 2 aromatic rings. The van der Waals surface area contributed by atoms with Gasteiger partial charge in [-0.15, -0.1) is 0 Å². The van der Waals surface area contributed by atoms with Crippen LogP contribution < -0.4 is 14.2 Å². The monoisotopic (exact) mass is 466 g/mol. The SMILES string of the molecule is CCC(C)N(Cc1ccc(OC)c(OS(=O)(=O)c2ccc(F)cc2)c1)C(=O)NC(C)(C)C. The van der Waals surface area contributed by atoms with Gasteiger partial charge in [0.05, 0.1) is 7.11 Å². The smallest absolute Gasteiger partial charge is 0.339 e. The summed E-state index contributed by atoms with van der Waals surface area (Å²) in [6.45, 7) is 9.88. The quantitative estimate of drug-likeness (QED) is 0.570. The Morgan fingerprint density at radius 2 is 1.75 bits per heavy atom. The lowest BCUT2D eigenvalue weighted by atomic mass is 10.1. The average molecular weight is 467 g/mol. The van der Waals surface area contributed by atoms with Gasteiger partial charge in [0.15, 0.2) is 11.5 Å². The molecule has 0 heterocycles. The van der Waals surface area contributed by atoms with Crippen molar-refractivity contribution in [1.82, 2.24) is 10.2 Å². The van der Waals surface area contributed by atoms with Gasteiger partial charge >= 0.3 is 16.1 Å². The Morgan fingerprint density at radius 1 is 1.12 bits per heavy atom. The Kier molecular flexibility index (Phi) is 8.12. The van der Waals surface area contributed by atoms with Crippen molar-refractivity contribution in [3.63, 3.8) is 0 Å². The molecule has 2 amide bonds. The van der Waals surface area contributed by atoms with E-state index in [0.717, 1.165) is 30.7 Å². The summed E-state index contributed by atoms with van der Waals surface area (Å²) in [5.74, 6) is -0.356. The molecule has 1 unspecified atom stereocenters. The number of hydrogen-bond donors (Lipinski definition) is 1. The Labute approximate surface area is 189 Å². The first kappa shape index (κ1) is 25.5. The molecule has 0 radical (unpaired) electrons. The number of carbonyl (C=O) groups excluding carboxylic acids is 1. The van der Waals surface area contributed by atoms with Gasteiger partial charge in [-0.2, -0.15) is 8.42 Å². The van der Waals surface area contributed by atoms with Gasteiger partial charge in [0.2, 0.25) is 0 Å². The summed E-state index contributed by atoms with van der Waals surface area (Å²) < 4.78 is 49.0. The predicted octanol–water partition coefficient (Wildman–Crippen LogP) is 4.71. The fourth-order valence-corrected chi connectivity index (χ4v) is 3.82. The van der Waals surface area contributed by atoms with E-state index in [-0.39, 0.29) is 35.0 Å². The van der Waals surface area contributed by atoms with E-state index < -0.39 is 21.5 Å². The number of benzene rings is 2. The van der Waals surface area contributed by atoms with Crippen molar-refractivity contribution < 1.29 is 26.5 Å². The molecular weight excluding hydrogens is 435 g/mol. The number of urea groups is 1. The fourth-order valence-electron chi connectivity index (χ4n) is 2.89. The van der Waals surface area contributed by atoms with Crippen LogP contribution in [0.25, 0.3) is 0 Å². The summed E-state index contributed by atoms with van der Waals surface area (Å²) in [7, 11) is -2.81. The first-order chi connectivity index (χ1) is 14.9. The van der Waals surface area contributed by atoms with Crippen LogP contribution >= 0.6 is 0 Å². The number of rotatable bonds is 8. The number of carbonyl (C=O) groups is 1. The number of nitrogens with one attached hydrogen (secondary N) is 1. The minimum atomic E-state index is -4.21. The van der Waals surface area contributed by atoms with Gasteiger partial charge in [0.1, 0.15) is 10.7 Å². The molecule has 32 heavy (non-hydrogen) atoms. The maximum atomic E-state index is 13.2. The molecule has 2 rings (SSSR count). The zero-order valence-electron chi connectivity index (χ0n) is 19.3. The van der Waals surface area contributed by atoms with Crippen LogP contribution in [0, 0.1) is 5.82 Å². The number of hydrogen-bond acceptors (Lipinski definition) is 5. The molecule has 0 spiro atoms. The Hall–Kier alpha value is -2.81. The maximum Gasteiger partial charge on any atom is 0.339 e. The Bertz CT molecular complexity index is 1030. The predicted molar refractivity (Wildman–Crippen MR) is 121 cm³/mol. The van der Waals surface area contributed by atoms with Gasteiger partial charge < -0.3 is 19.1 Å². The third kappa shape index (κ3) is 6.85. The highest BCUT2D eigenvalue weighted by molar-refractivity contribution is 7.87. The van der Waals surface area contributed by atoms with E-state index in [4.69, 9.17) is 8.92 Å². The molecular formula is C23H31FN2O5S. The van der Waals surface area contributed by atoms with E-state index in [1.807, 2.05) is 34.6 Å². The van der Waals surface area contributed by atoms with Crippen molar-refractivity contribution in [3.8, 4) is 11.5 Å². The summed E-state index contributed by atoms with van der Waals surface area (Å²) in [6, 6.07) is 8.93. The van der Waals surface area contributed by atoms with Crippen LogP contribution in [-0.2, 0) is 16.7 Å². The molecule has 7 nitrogen and oxygen atoms in total. The number of amides is 2. The van der Waals surface area contributed by atoms with Crippen LogP contribution in [0.2, 0.25) is 0 Å². The van der Waals surface area contributed by atoms with Gasteiger partial charge in [0.25, 0.3) is 0 Å². The lowest BCUT2D eigenvalue weighted by Crippen LogP contribution is -2.50. The summed E-state index contributed by atoms with van der Waals surface area (Å²) in [6.07, 6.45) is 0.746. The molecule has 0 bridgehead atoms. The second kappa shape index (κ2) is 10.2. The van der Waals surface area contributed by atoms with Crippen molar-refractivity contribution in [1.29, 1.82) is 0 Å². The van der Waals surface area contributed by atoms with Crippen LogP contribution in [0.3, 0.4) is 0 Å². The fraction of sp³-hybridized carbons (Fsp3) is 0.435. The summed E-state index contributed by atoms with van der Waals surface area (Å²) in [5.41, 5.74) is 0.264. The Morgan fingerprint density at radius 3 is 2.28 bits per heavy atom. The van der Waals surface area contributed by atoms with Crippen molar-refractivity contribution in [3.05, 3.63) is 53.8 Å². The van der Waals surface area contributed by atoms with Crippen LogP contribution in [0.4, 0.5) is 9.18 Å². The minimum absolute atomic E-state index is 0.0188. The van der Waals surface area contributed by atoms with E-state index in [9.17, 15) is 17.6 Å². The lowest BCUT2D eigenvalue weighted by molar-refractivity contribution is 0.165. The normalized spacial score (nSPS) is 12.7. The van der Waals surface area contributed by atoms with Crippen LogP contribution in [-0.4, -0.2) is 38.0 Å². The van der Waals surface area contributed by atoms with E-state index in [0.29, 0.717) is 5.56 Å². The minimum Gasteiger partial charge on any atom is -0.493 e. The van der Waals surface area contributed by atoms with Gasteiger partial charge in [-0.05, 0) is 76.1 Å².